The van der Waals surface area contributed by atoms with Crippen LogP contribution in [0.4, 0.5) is 5.69 Å². The number of phenols is 2. The Kier molecular flexibility index (Phi) is 6.95. The summed E-state index contributed by atoms with van der Waals surface area (Å²) in [4.78, 5) is 22.6. The number of rotatable bonds is 3. The van der Waals surface area contributed by atoms with Crippen molar-refractivity contribution in [2.45, 2.75) is 0 Å². The average Bonchev–Trinajstić information content (AvgIpc) is 2.69. The van der Waals surface area contributed by atoms with E-state index in [1.54, 1.807) is 36.4 Å². The summed E-state index contributed by atoms with van der Waals surface area (Å²) in [7, 11) is 0. The van der Waals surface area contributed by atoms with Gasteiger partial charge in [-0.2, -0.15) is 0 Å². The van der Waals surface area contributed by atoms with Gasteiger partial charge in [-0.1, -0.05) is 30.3 Å². The van der Waals surface area contributed by atoms with Gasteiger partial charge in [0.2, 0.25) is 0 Å². The molecule has 0 fully saturated rings. The predicted octanol–water partition coefficient (Wildman–Crippen LogP) is 2.19. The molecular weight excluding hydrogens is 362 g/mol. The van der Waals surface area contributed by atoms with Crippen molar-refractivity contribution in [3.63, 3.8) is 0 Å². The number of nitrogen functional groups attached to an aromatic ring is 2. The lowest BCUT2D eigenvalue weighted by Gasteiger charge is -2.06. The van der Waals surface area contributed by atoms with Gasteiger partial charge in [0.25, 0.3) is 5.91 Å². The topological polar surface area (TPSA) is 148 Å². The molecule has 1 amide bonds. The summed E-state index contributed by atoms with van der Waals surface area (Å²) in [6.07, 6.45) is 0. The molecule has 3 rings (SSSR count). The van der Waals surface area contributed by atoms with E-state index in [-0.39, 0.29) is 22.6 Å². The van der Waals surface area contributed by atoms with Crippen LogP contribution in [0.15, 0.2) is 72.8 Å². The molecule has 3 aromatic rings. The van der Waals surface area contributed by atoms with Crippen LogP contribution >= 0.6 is 0 Å². The number of carbonyl (C=O) groups is 2. The van der Waals surface area contributed by atoms with E-state index in [1.165, 1.54) is 30.3 Å². The van der Waals surface area contributed by atoms with E-state index in [4.69, 9.17) is 21.4 Å². The number of benzene rings is 3. The fraction of sp³-hybridized carbons (Fsp3) is 0. The molecule has 8 nitrogen and oxygen atoms in total. The third-order valence-electron chi connectivity index (χ3n) is 3.48. The van der Waals surface area contributed by atoms with E-state index < -0.39 is 11.9 Å². The molecule has 0 saturated heterocycles. The molecule has 28 heavy (non-hydrogen) atoms. The van der Waals surface area contributed by atoms with Crippen LogP contribution in [0.1, 0.15) is 20.7 Å². The van der Waals surface area contributed by atoms with Gasteiger partial charge in [-0.05, 0) is 36.4 Å². The van der Waals surface area contributed by atoms with Crippen LogP contribution in [0.2, 0.25) is 0 Å². The first-order chi connectivity index (χ1) is 13.4. The zero-order valence-electron chi connectivity index (χ0n) is 14.7. The SMILES string of the molecule is NNC(=O)c1ccccc1O.Nc1ccc(C(=O)Oc2ccccc2)c(O)c1. The van der Waals surface area contributed by atoms with Crippen molar-refractivity contribution in [2.24, 2.45) is 5.84 Å². The van der Waals surface area contributed by atoms with Crippen molar-refractivity contribution in [1.29, 1.82) is 0 Å². The minimum absolute atomic E-state index is 0.0737. The van der Waals surface area contributed by atoms with Gasteiger partial charge >= 0.3 is 5.97 Å². The molecule has 0 aliphatic heterocycles. The fourth-order valence-corrected chi connectivity index (χ4v) is 2.12. The van der Waals surface area contributed by atoms with E-state index in [0.29, 0.717) is 11.4 Å². The number of phenolic OH excluding ortho intramolecular Hbond substituents is 2. The number of nitrogens with two attached hydrogens (primary N) is 2. The van der Waals surface area contributed by atoms with Gasteiger partial charge < -0.3 is 20.7 Å². The molecule has 144 valence electrons. The summed E-state index contributed by atoms with van der Waals surface area (Å²) in [6, 6.07) is 19.1. The van der Waals surface area contributed by atoms with Crippen molar-refractivity contribution in [2.75, 3.05) is 5.73 Å². The molecule has 0 radical (unpaired) electrons. The highest BCUT2D eigenvalue weighted by molar-refractivity contribution is 5.96. The minimum atomic E-state index is -0.617. The molecule has 0 unspecified atom stereocenters. The summed E-state index contributed by atoms with van der Waals surface area (Å²) in [6.45, 7) is 0. The number of anilines is 1. The number of hydrogen-bond acceptors (Lipinski definition) is 7. The van der Waals surface area contributed by atoms with Crippen molar-refractivity contribution in [1.82, 2.24) is 5.43 Å². The number of amides is 1. The lowest BCUT2D eigenvalue weighted by molar-refractivity contribution is 0.0731. The number of carbonyl (C=O) groups excluding carboxylic acids is 2. The Morgan fingerprint density at radius 1 is 0.821 bits per heavy atom. The third kappa shape index (κ3) is 5.48. The summed E-state index contributed by atoms with van der Waals surface area (Å²) >= 11 is 0. The van der Waals surface area contributed by atoms with E-state index in [0.717, 1.165) is 0 Å². The molecule has 3 aromatic carbocycles. The Hall–Kier alpha value is -4.04. The van der Waals surface area contributed by atoms with E-state index >= 15 is 0 Å². The Balaban J connectivity index is 0.000000221. The molecule has 0 atom stereocenters. The van der Waals surface area contributed by atoms with Crippen LogP contribution in [0.5, 0.6) is 17.2 Å². The minimum Gasteiger partial charge on any atom is -0.507 e. The molecule has 0 bridgehead atoms. The maximum absolute atomic E-state index is 11.7. The molecule has 0 aliphatic carbocycles. The number of hydrogen-bond donors (Lipinski definition) is 5. The maximum atomic E-state index is 11.7. The summed E-state index contributed by atoms with van der Waals surface area (Å²) in [5, 5.41) is 18.7. The zero-order valence-corrected chi connectivity index (χ0v) is 14.7. The molecule has 0 spiro atoms. The van der Waals surface area contributed by atoms with Gasteiger partial charge in [0.05, 0.1) is 5.56 Å². The molecule has 0 aliphatic rings. The Morgan fingerprint density at radius 3 is 2.07 bits per heavy atom. The largest absolute Gasteiger partial charge is 0.507 e. The van der Waals surface area contributed by atoms with Crippen molar-refractivity contribution >= 4 is 17.6 Å². The number of hydrazine groups is 1. The summed E-state index contributed by atoms with van der Waals surface area (Å²) in [5.41, 5.74) is 8.04. The number of para-hydroxylation sites is 2. The smallest absolute Gasteiger partial charge is 0.347 e. The lowest BCUT2D eigenvalue weighted by Crippen LogP contribution is -2.29. The quantitative estimate of drug-likeness (QED) is 0.117. The van der Waals surface area contributed by atoms with Gasteiger partial charge in [-0.15, -0.1) is 0 Å². The summed E-state index contributed by atoms with van der Waals surface area (Å²) in [5.74, 6) is 3.91. The number of nitrogens with one attached hydrogen (secondary N) is 1. The Bertz CT molecular complexity index is 961. The third-order valence-corrected chi connectivity index (χ3v) is 3.48. The first-order valence-electron chi connectivity index (χ1n) is 8.07. The van der Waals surface area contributed by atoms with E-state index in [1.807, 2.05) is 11.5 Å². The van der Waals surface area contributed by atoms with Gasteiger partial charge in [-0.3, -0.25) is 10.2 Å². The van der Waals surface area contributed by atoms with Crippen LogP contribution < -0.4 is 21.7 Å². The number of aromatic hydroxyl groups is 2. The van der Waals surface area contributed by atoms with Crippen LogP contribution in [-0.4, -0.2) is 22.1 Å². The second kappa shape index (κ2) is 9.60. The highest BCUT2D eigenvalue weighted by Crippen LogP contribution is 2.22. The van der Waals surface area contributed by atoms with E-state index in [9.17, 15) is 14.7 Å². The Labute approximate surface area is 161 Å². The molecule has 0 saturated carbocycles. The lowest BCUT2D eigenvalue weighted by atomic mass is 10.2. The van der Waals surface area contributed by atoms with Crippen molar-refractivity contribution < 1.29 is 24.5 Å². The highest BCUT2D eigenvalue weighted by Gasteiger charge is 2.13. The van der Waals surface area contributed by atoms with Crippen LogP contribution in [0.3, 0.4) is 0 Å². The molecule has 8 heteroatoms. The average molecular weight is 381 g/mol. The predicted molar refractivity (Wildman–Crippen MR) is 104 cm³/mol. The summed E-state index contributed by atoms with van der Waals surface area (Å²) < 4.78 is 5.08. The van der Waals surface area contributed by atoms with Crippen LogP contribution in [0.25, 0.3) is 0 Å². The molecule has 0 heterocycles. The van der Waals surface area contributed by atoms with Crippen LogP contribution in [-0.2, 0) is 0 Å². The second-order valence-corrected chi connectivity index (χ2v) is 5.47. The van der Waals surface area contributed by atoms with E-state index in [2.05, 4.69) is 0 Å². The highest BCUT2D eigenvalue weighted by atomic mass is 16.5. The van der Waals surface area contributed by atoms with Crippen LogP contribution in [0, 0.1) is 0 Å². The Morgan fingerprint density at radius 2 is 1.46 bits per heavy atom. The van der Waals surface area contributed by atoms with Crippen molar-refractivity contribution in [3.05, 3.63) is 83.9 Å². The maximum Gasteiger partial charge on any atom is 0.347 e. The fourth-order valence-electron chi connectivity index (χ4n) is 2.12. The standard InChI is InChI=1S/C13H11NO3.C7H8N2O2/c14-9-6-7-11(12(15)8-9)13(16)17-10-4-2-1-3-5-10;8-9-7(11)5-3-1-2-4-6(5)10/h1-8,15H,14H2;1-4,10H,8H2,(H,9,11). The first-order valence-corrected chi connectivity index (χ1v) is 8.07. The first kappa shape index (κ1) is 20.3. The zero-order chi connectivity index (χ0) is 20.5. The van der Waals surface area contributed by atoms with Gasteiger partial charge in [-0.25, -0.2) is 10.6 Å². The van der Waals surface area contributed by atoms with Gasteiger partial charge in [0.15, 0.2) is 0 Å². The van der Waals surface area contributed by atoms with Gasteiger partial charge in [0, 0.05) is 11.8 Å². The molecule has 7 N–H and O–H groups in total. The molecule has 0 aromatic heterocycles. The van der Waals surface area contributed by atoms with Gasteiger partial charge in [0.1, 0.15) is 22.8 Å². The molecular formula is C20H19N3O5. The number of esters is 1. The monoisotopic (exact) mass is 381 g/mol. The number of ether oxygens (including phenoxy) is 1. The normalized spacial score (nSPS) is 9.61. The van der Waals surface area contributed by atoms with Crippen molar-refractivity contribution in [3.8, 4) is 17.2 Å². The second-order valence-electron chi connectivity index (χ2n) is 5.47.